The van der Waals surface area contributed by atoms with Crippen LogP contribution in [0.5, 0.6) is 0 Å². The molecule has 2 unspecified atom stereocenters. The first-order chi connectivity index (χ1) is 9.13. The molecule has 2 fully saturated rings. The maximum absolute atomic E-state index is 12.3. The third kappa shape index (κ3) is 3.71. The summed E-state index contributed by atoms with van der Waals surface area (Å²) < 4.78 is 0. The smallest absolute Gasteiger partial charge is 0.323 e. The molecule has 1 amide bonds. The standard InChI is InChI=1S/C15H25NO3/c1-2-8-16(10-14(17)18)15(19)13-9-12(13)11-6-4-3-5-7-11/h11-13H,2-10H2,1H3,(H,17,18). The molecule has 4 nitrogen and oxygen atoms in total. The van der Waals surface area contributed by atoms with Crippen molar-refractivity contribution in [2.75, 3.05) is 13.1 Å². The Labute approximate surface area is 115 Å². The molecular weight excluding hydrogens is 242 g/mol. The highest BCUT2D eigenvalue weighted by atomic mass is 16.4. The van der Waals surface area contributed by atoms with Gasteiger partial charge in [0.2, 0.25) is 5.91 Å². The van der Waals surface area contributed by atoms with Gasteiger partial charge in [0, 0.05) is 12.5 Å². The highest BCUT2D eigenvalue weighted by molar-refractivity contribution is 5.85. The van der Waals surface area contributed by atoms with Gasteiger partial charge in [-0.2, -0.15) is 0 Å². The summed E-state index contributed by atoms with van der Waals surface area (Å²) in [5.41, 5.74) is 0. The number of hydrogen-bond donors (Lipinski definition) is 1. The van der Waals surface area contributed by atoms with Crippen molar-refractivity contribution < 1.29 is 14.7 Å². The van der Waals surface area contributed by atoms with E-state index in [9.17, 15) is 9.59 Å². The summed E-state index contributed by atoms with van der Waals surface area (Å²) in [6, 6.07) is 0. The topological polar surface area (TPSA) is 57.6 Å². The lowest BCUT2D eigenvalue weighted by Gasteiger charge is -2.23. The number of carbonyl (C=O) groups is 2. The van der Waals surface area contributed by atoms with Gasteiger partial charge in [0.05, 0.1) is 0 Å². The molecule has 4 heteroatoms. The normalized spacial score (nSPS) is 27.0. The van der Waals surface area contributed by atoms with E-state index in [1.54, 1.807) is 0 Å². The molecule has 2 rings (SSSR count). The molecule has 0 heterocycles. The van der Waals surface area contributed by atoms with E-state index in [4.69, 9.17) is 5.11 Å². The second-order valence-electron chi connectivity index (χ2n) is 6.06. The second-order valence-corrected chi connectivity index (χ2v) is 6.06. The van der Waals surface area contributed by atoms with Gasteiger partial charge in [-0.15, -0.1) is 0 Å². The lowest BCUT2D eigenvalue weighted by atomic mass is 9.85. The van der Waals surface area contributed by atoms with Crippen molar-refractivity contribution >= 4 is 11.9 Å². The molecule has 2 aliphatic rings. The van der Waals surface area contributed by atoms with Gasteiger partial charge in [0.15, 0.2) is 0 Å². The van der Waals surface area contributed by atoms with Crippen LogP contribution in [0.3, 0.4) is 0 Å². The van der Waals surface area contributed by atoms with Gasteiger partial charge in [-0.1, -0.05) is 39.0 Å². The summed E-state index contributed by atoms with van der Waals surface area (Å²) in [6.45, 7) is 2.41. The van der Waals surface area contributed by atoms with Crippen LogP contribution in [0.1, 0.15) is 51.9 Å². The summed E-state index contributed by atoms with van der Waals surface area (Å²) in [4.78, 5) is 24.7. The minimum absolute atomic E-state index is 0.0832. The number of carbonyl (C=O) groups excluding carboxylic acids is 1. The second kappa shape index (κ2) is 6.40. The van der Waals surface area contributed by atoms with Gasteiger partial charge in [-0.25, -0.2) is 0 Å². The first-order valence-corrected chi connectivity index (χ1v) is 7.64. The van der Waals surface area contributed by atoms with Crippen LogP contribution in [0.15, 0.2) is 0 Å². The van der Waals surface area contributed by atoms with Crippen molar-refractivity contribution in [3.8, 4) is 0 Å². The van der Waals surface area contributed by atoms with Crippen LogP contribution in [0.2, 0.25) is 0 Å². The molecule has 1 N–H and O–H groups in total. The number of carboxylic acid groups (broad SMARTS) is 1. The molecule has 0 aromatic heterocycles. The largest absolute Gasteiger partial charge is 0.480 e. The number of carboxylic acids is 1. The molecule has 0 aliphatic heterocycles. The molecule has 0 spiro atoms. The van der Waals surface area contributed by atoms with Gasteiger partial charge in [0.1, 0.15) is 6.54 Å². The zero-order chi connectivity index (χ0) is 13.8. The lowest BCUT2D eigenvalue weighted by Crippen LogP contribution is -2.37. The van der Waals surface area contributed by atoms with Gasteiger partial charge < -0.3 is 10.0 Å². The van der Waals surface area contributed by atoms with Crippen LogP contribution in [0, 0.1) is 17.8 Å². The zero-order valence-corrected chi connectivity index (χ0v) is 11.8. The molecule has 2 aliphatic carbocycles. The summed E-state index contributed by atoms with van der Waals surface area (Å²) in [6.07, 6.45) is 8.28. The Morgan fingerprint density at radius 1 is 1.21 bits per heavy atom. The van der Waals surface area contributed by atoms with Crippen LogP contribution in [0.25, 0.3) is 0 Å². The predicted octanol–water partition coefficient (Wildman–Crippen LogP) is 2.53. The van der Waals surface area contributed by atoms with E-state index >= 15 is 0 Å². The number of rotatable bonds is 6. The average molecular weight is 267 g/mol. The van der Waals surface area contributed by atoms with Gasteiger partial charge in [0.25, 0.3) is 0 Å². The third-order valence-electron chi connectivity index (χ3n) is 4.54. The molecule has 0 radical (unpaired) electrons. The Balaban J connectivity index is 1.86. The average Bonchev–Trinajstić information content (AvgIpc) is 3.18. The number of amides is 1. The summed E-state index contributed by atoms with van der Waals surface area (Å²) in [7, 11) is 0. The van der Waals surface area contributed by atoms with E-state index in [-0.39, 0.29) is 18.4 Å². The van der Waals surface area contributed by atoms with E-state index in [0.717, 1.165) is 18.8 Å². The maximum Gasteiger partial charge on any atom is 0.323 e. The maximum atomic E-state index is 12.3. The molecule has 0 aromatic rings. The van der Waals surface area contributed by atoms with E-state index in [1.165, 1.54) is 37.0 Å². The monoisotopic (exact) mass is 267 g/mol. The van der Waals surface area contributed by atoms with Gasteiger partial charge in [-0.3, -0.25) is 9.59 Å². The van der Waals surface area contributed by atoms with Crippen molar-refractivity contribution in [1.82, 2.24) is 4.90 Å². The van der Waals surface area contributed by atoms with Crippen LogP contribution >= 0.6 is 0 Å². The SMILES string of the molecule is CCCN(CC(=O)O)C(=O)C1CC1C1CCCCC1. The highest BCUT2D eigenvalue weighted by Crippen LogP contribution is 2.50. The van der Waals surface area contributed by atoms with Crippen molar-refractivity contribution in [3.63, 3.8) is 0 Å². The fraction of sp³-hybridized carbons (Fsp3) is 0.867. The molecule has 0 saturated heterocycles. The Bertz CT molecular complexity index is 336. The van der Waals surface area contributed by atoms with Crippen molar-refractivity contribution in [3.05, 3.63) is 0 Å². The fourth-order valence-electron chi connectivity index (χ4n) is 3.52. The molecule has 19 heavy (non-hydrogen) atoms. The fourth-order valence-corrected chi connectivity index (χ4v) is 3.52. The Morgan fingerprint density at radius 2 is 1.89 bits per heavy atom. The predicted molar refractivity (Wildman–Crippen MR) is 72.7 cm³/mol. The van der Waals surface area contributed by atoms with Crippen LogP contribution in [-0.2, 0) is 9.59 Å². The quantitative estimate of drug-likeness (QED) is 0.804. The molecule has 0 aromatic carbocycles. The van der Waals surface area contributed by atoms with E-state index in [0.29, 0.717) is 12.5 Å². The zero-order valence-electron chi connectivity index (χ0n) is 11.8. The summed E-state index contributed by atoms with van der Waals surface area (Å²) in [5, 5.41) is 8.88. The number of aliphatic carboxylic acids is 1. The lowest BCUT2D eigenvalue weighted by molar-refractivity contribution is -0.145. The number of hydrogen-bond acceptors (Lipinski definition) is 2. The van der Waals surface area contributed by atoms with Crippen LogP contribution in [0.4, 0.5) is 0 Å². The molecule has 2 atom stereocenters. The molecule has 0 bridgehead atoms. The molecule has 2 saturated carbocycles. The first kappa shape index (κ1) is 14.4. The summed E-state index contributed by atoms with van der Waals surface area (Å²) in [5.74, 6) is 0.558. The highest BCUT2D eigenvalue weighted by Gasteiger charge is 2.48. The van der Waals surface area contributed by atoms with Crippen LogP contribution in [-0.4, -0.2) is 35.0 Å². The Kier molecular flexibility index (Phi) is 4.83. The van der Waals surface area contributed by atoms with Crippen LogP contribution < -0.4 is 0 Å². The van der Waals surface area contributed by atoms with Crippen molar-refractivity contribution in [2.45, 2.75) is 51.9 Å². The minimum Gasteiger partial charge on any atom is -0.480 e. The minimum atomic E-state index is -0.906. The third-order valence-corrected chi connectivity index (χ3v) is 4.54. The van der Waals surface area contributed by atoms with E-state index in [1.807, 2.05) is 6.92 Å². The van der Waals surface area contributed by atoms with Crippen molar-refractivity contribution in [1.29, 1.82) is 0 Å². The van der Waals surface area contributed by atoms with Gasteiger partial charge >= 0.3 is 5.97 Å². The first-order valence-electron chi connectivity index (χ1n) is 7.64. The summed E-state index contributed by atoms with van der Waals surface area (Å²) >= 11 is 0. The Morgan fingerprint density at radius 3 is 2.47 bits per heavy atom. The molecule has 108 valence electrons. The van der Waals surface area contributed by atoms with E-state index < -0.39 is 5.97 Å². The molecular formula is C15H25NO3. The van der Waals surface area contributed by atoms with Gasteiger partial charge in [-0.05, 0) is 24.7 Å². The Hall–Kier alpha value is -1.06. The van der Waals surface area contributed by atoms with E-state index in [2.05, 4.69) is 0 Å². The van der Waals surface area contributed by atoms with Crippen molar-refractivity contribution in [2.24, 2.45) is 17.8 Å². The number of nitrogens with zero attached hydrogens (tertiary/aromatic N) is 1.